The molecule has 5 nitrogen and oxygen atoms in total. The molecule has 2 aromatic rings. The summed E-state index contributed by atoms with van der Waals surface area (Å²) in [5.74, 6) is 0.833. The Labute approximate surface area is 196 Å². The number of nitrogens with zero attached hydrogens (tertiary/aromatic N) is 2. The molecule has 0 aliphatic carbocycles. The number of rotatable bonds is 3. The van der Waals surface area contributed by atoms with Gasteiger partial charge in [0.25, 0.3) is 5.91 Å². The first kappa shape index (κ1) is 23.1. The third kappa shape index (κ3) is 5.83. The Bertz CT molecular complexity index is 889. The Morgan fingerprint density at radius 1 is 1.03 bits per heavy atom. The maximum Gasteiger partial charge on any atom is 0.254 e. The van der Waals surface area contributed by atoms with E-state index < -0.39 is 0 Å². The largest absolute Gasteiger partial charge is 0.492 e. The summed E-state index contributed by atoms with van der Waals surface area (Å²) in [4.78, 5) is 17.8. The van der Waals surface area contributed by atoms with Crippen molar-refractivity contribution in [2.75, 3.05) is 33.4 Å². The number of hydrogen-bond acceptors (Lipinski definition) is 4. The highest BCUT2D eigenvalue weighted by atomic mass is 35.5. The van der Waals surface area contributed by atoms with E-state index in [0.29, 0.717) is 12.2 Å². The van der Waals surface area contributed by atoms with Crippen molar-refractivity contribution in [3.8, 4) is 5.75 Å². The molecule has 2 aliphatic heterocycles. The molecule has 1 fully saturated rings. The van der Waals surface area contributed by atoms with E-state index in [2.05, 4.69) is 17.0 Å². The van der Waals surface area contributed by atoms with Crippen molar-refractivity contribution in [2.24, 2.45) is 0 Å². The first-order valence-corrected chi connectivity index (χ1v) is 12.1. The lowest BCUT2D eigenvalue weighted by Gasteiger charge is -2.41. The maximum absolute atomic E-state index is 13.4. The van der Waals surface area contributed by atoms with Gasteiger partial charge in [0.1, 0.15) is 12.4 Å². The Morgan fingerprint density at radius 2 is 1.88 bits per heavy atom. The van der Waals surface area contributed by atoms with Crippen molar-refractivity contribution in [1.29, 1.82) is 0 Å². The summed E-state index contributed by atoms with van der Waals surface area (Å²) in [6.07, 6.45) is 5.20. The molecule has 1 saturated heterocycles. The lowest BCUT2D eigenvalue weighted by atomic mass is 9.93. The van der Waals surface area contributed by atoms with Crippen LogP contribution in [0.3, 0.4) is 0 Å². The van der Waals surface area contributed by atoms with Gasteiger partial charge in [-0.05, 0) is 68.1 Å². The summed E-state index contributed by atoms with van der Waals surface area (Å²) < 4.78 is 11.8. The second-order valence-electron chi connectivity index (χ2n) is 8.76. The highest BCUT2D eigenvalue weighted by Gasteiger charge is 2.34. The number of carbonyl (C=O) groups excluding carboxylic acids is 1. The van der Waals surface area contributed by atoms with Crippen molar-refractivity contribution in [2.45, 2.75) is 50.8 Å². The van der Waals surface area contributed by atoms with Gasteiger partial charge in [-0.2, -0.15) is 0 Å². The molecule has 2 atom stereocenters. The van der Waals surface area contributed by atoms with Gasteiger partial charge in [-0.1, -0.05) is 36.2 Å². The van der Waals surface area contributed by atoms with Gasteiger partial charge in [-0.15, -0.1) is 0 Å². The second kappa shape index (κ2) is 11.2. The van der Waals surface area contributed by atoms with Crippen LogP contribution in [0, 0.1) is 0 Å². The molecule has 6 heteroatoms. The highest BCUT2D eigenvalue weighted by Crippen LogP contribution is 2.27. The third-order valence-corrected chi connectivity index (χ3v) is 6.83. The Balaban J connectivity index is 1.53. The summed E-state index contributed by atoms with van der Waals surface area (Å²) in [6.45, 7) is 4.07. The highest BCUT2D eigenvalue weighted by molar-refractivity contribution is 6.30. The molecule has 0 unspecified atom stereocenters. The molecule has 0 saturated carbocycles. The number of piperidine rings is 1. The van der Waals surface area contributed by atoms with Crippen LogP contribution in [0.4, 0.5) is 0 Å². The fourth-order valence-corrected chi connectivity index (χ4v) is 5.00. The van der Waals surface area contributed by atoms with Crippen molar-refractivity contribution < 1.29 is 14.3 Å². The van der Waals surface area contributed by atoms with Gasteiger partial charge in [0.05, 0.1) is 12.1 Å². The zero-order chi connectivity index (χ0) is 22.3. The predicted molar refractivity (Wildman–Crippen MR) is 127 cm³/mol. The van der Waals surface area contributed by atoms with Gasteiger partial charge in [-0.25, -0.2) is 0 Å². The van der Waals surface area contributed by atoms with Crippen LogP contribution in [0.15, 0.2) is 48.5 Å². The Hall–Kier alpha value is -2.08. The quantitative estimate of drug-likeness (QED) is 0.650. The van der Waals surface area contributed by atoms with Crippen LogP contribution < -0.4 is 4.74 Å². The molecular weight excluding hydrogens is 424 g/mol. The standard InChI is InChI=1S/C26H33ClN2O3/c1-31-25-9-5-15-29-24(25)8-2-3-14-28(19-20-10-12-22(27)13-11-20)16-17-32-23-7-4-6-21(18-23)26(29)30/h4,6-7,10-13,18,24-25H,2-3,5,8-9,14-17,19H2,1H3/t24-,25-/m1/s1. The van der Waals surface area contributed by atoms with E-state index in [1.807, 2.05) is 41.3 Å². The van der Waals surface area contributed by atoms with E-state index in [1.165, 1.54) is 5.56 Å². The van der Waals surface area contributed by atoms with Crippen LogP contribution >= 0.6 is 11.6 Å². The van der Waals surface area contributed by atoms with E-state index in [9.17, 15) is 4.79 Å². The zero-order valence-corrected chi connectivity index (χ0v) is 19.6. The molecule has 0 radical (unpaired) electrons. The van der Waals surface area contributed by atoms with Crippen molar-refractivity contribution in [3.05, 3.63) is 64.7 Å². The van der Waals surface area contributed by atoms with Gasteiger partial charge in [0, 0.05) is 37.3 Å². The number of ether oxygens (including phenoxy) is 2. The first-order chi connectivity index (χ1) is 15.6. The molecule has 2 aromatic carbocycles. The molecule has 0 N–H and O–H groups in total. The van der Waals surface area contributed by atoms with Gasteiger partial charge in [-0.3, -0.25) is 9.69 Å². The number of amides is 1. The fourth-order valence-electron chi connectivity index (χ4n) is 4.87. The van der Waals surface area contributed by atoms with E-state index in [1.54, 1.807) is 7.11 Å². The summed E-state index contributed by atoms with van der Waals surface area (Å²) in [7, 11) is 1.77. The number of hydrogen-bond donors (Lipinski definition) is 0. The minimum atomic E-state index is 0.0867. The molecule has 2 aliphatic rings. The topological polar surface area (TPSA) is 42.0 Å². The molecule has 172 valence electrons. The van der Waals surface area contributed by atoms with Crippen LogP contribution in [0.2, 0.25) is 5.02 Å². The molecule has 1 amide bonds. The number of fused-ring (bicyclic) bond motifs is 3. The van der Waals surface area contributed by atoms with E-state index >= 15 is 0 Å². The van der Waals surface area contributed by atoms with Crippen LogP contribution in [0.25, 0.3) is 0 Å². The molecule has 4 rings (SSSR count). The maximum atomic E-state index is 13.4. The summed E-state index contributed by atoms with van der Waals surface area (Å²) in [6, 6.07) is 15.8. The van der Waals surface area contributed by atoms with Gasteiger partial charge in [0.15, 0.2) is 0 Å². The zero-order valence-electron chi connectivity index (χ0n) is 18.8. The number of methoxy groups -OCH3 is 1. The molecule has 0 aromatic heterocycles. The normalized spacial score (nSPS) is 23.2. The van der Waals surface area contributed by atoms with E-state index in [-0.39, 0.29) is 18.1 Å². The van der Waals surface area contributed by atoms with Crippen molar-refractivity contribution >= 4 is 17.5 Å². The van der Waals surface area contributed by atoms with Crippen LogP contribution in [0.5, 0.6) is 5.75 Å². The lowest BCUT2D eigenvalue weighted by molar-refractivity contribution is -0.0156. The number of benzene rings is 2. The monoisotopic (exact) mass is 456 g/mol. The Kier molecular flexibility index (Phi) is 8.06. The van der Waals surface area contributed by atoms with Gasteiger partial charge < -0.3 is 14.4 Å². The molecule has 32 heavy (non-hydrogen) atoms. The summed E-state index contributed by atoms with van der Waals surface area (Å²) in [5.41, 5.74) is 1.94. The fraction of sp³-hybridized carbons (Fsp3) is 0.500. The van der Waals surface area contributed by atoms with Crippen LogP contribution in [-0.4, -0.2) is 61.2 Å². The lowest BCUT2D eigenvalue weighted by Crippen LogP contribution is -2.51. The van der Waals surface area contributed by atoms with Gasteiger partial charge >= 0.3 is 0 Å². The van der Waals surface area contributed by atoms with Crippen LogP contribution in [0.1, 0.15) is 48.0 Å². The molecule has 2 bridgehead atoms. The SMILES string of the molecule is CO[C@@H]1CCCN2C(=O)c3cccc(c3)OCCN(Cc3ccc(Cl)cc3)CCCC[C@H]12. The minimum absolute atomic E-state index is 0.0867. The Morgan fingerprint density at radius 3 is 2.69 bits per heavy atom. The van der Waals surface area contributed by atoms with Crippen molar-refractivity contribution in [1.82, 2.24) is 9.80 Å². The number of carbonyl (C=O) groups is 1. The first-order valence-electron chi connectivity index (χ1n) is 11.7. The molecule has 2 heterocycles. The predicted octanol–water partition coefficient (Wildman–Crippen LogP) is 5.02. The van der Waals surface area contributed by atoms with E-state index in [0.717, 1.165) is 69.1 Å². The summed E-state index contributed by atoms with van der Waals surface area (Å²) in [5, 5.41) is 0.761. The average molecular weight is 457 g/mol. The smallest absolute Gasteiger partial charge is 0.254 e. The van der Waals surface area contributed by atoms with Crippen LogP contribution in [-0.2, 0) is 11.3 Å². The number of halogens is 1. The molecular formula is C26H33ClN2O3. The summed E-state index contributed by atoms with van der Waals surface area (Å²) >= 11 is 6.05. The average Bonchev–Trinajstić information content (AvgIpc) is 2.82. The van der Waals surface area contributed by atoms with Gasteiger partial charge in [0.2, 0.25) is 0 Å². The third-order valence-electron chi connectivity index (χ3n) is 6.58. The second-order valence-corrected chi connectivity index (χ2v) is 9.19. The molecule has 0 spiro atoms. The minimum Gasteiger partial charge on any atom is -0.492 e. The van der Waals surface area contributed by atoms with Crippen molar-refractivity contribution in [3.63, 3.8) is 0 Å². The van der Waals surface area contributed by atoms with E-state index in [4.69, 9.17) is 21.1 Å².